The Kier molecular flexibility index (Phi) is 1.34. The van der Waals surface area contributed by atoms with Gasteiger partial charge in [0.2, 0.25) is 0 Å². The van der Waals surface area contributed by atoms with Gasteiger partial charge in [-0.1, -0.05) is 0 Å². The Bertz CT molecular complexity index is 462. The van der Waals surface area contributed by atoms with Crippen molar-refractivity contribution in [2.75, 3.05) is 0 Å². The fourth-order valence-electron chi connectivity index (χ4n) is 1.18. The fraction of sp³-hybridized carbons (Fsp3) is 0.111. The lowest BCUT2D eigenvalue weighted by Gasteiger charge is -1.91. The zero-order valence-corrected chi connectivity index (χ0v) is 6.63. The SMILES string of the molecule is Cc1ccc2[nH]cc(C#N)c2n1. The lowest BCUT2D eigenvalue weighted by molar-refractivity contribution is 1.25. The Morgan fingerprint density at radius 3 is 3.08 bits per heavy atom. The summed E-state index contributed by atoms with van der Waals surface area (Å²) in [6.45, 7) is 1.91. The van der Waals surface area contributed by atoms with Crippen LogP contribution in [-0.4, -0.2) is 9.97 Å². The van der Waals surface area contributed by atoms with E-state index in [0.29, 0.717) is 5.56 Å². The van der Waals surface area contributed by atoms with Crippen LogP contribution in [0.1, 0.15) is 11.3 Å². The molecule has 3 nitrogen and oxygen atoms in total. The van der Waals surface area contributed by atoms with Crippen LogP contribution in [0.4, 0.5) is 0 Å². The van der Waals surface area contributed by atoms with Crippen molar-refractivity contribution in [2.24, 2.45) is 0 Å². The van der Waals surface area contributed by atoms with Gasteiger partial charge in [-0.25, -0.2) is 0 Å². The van der Waals surface area contributed by atoms with E-state index in [1.165, 1.54) is 0 Å². The van der Waals surface area contributed by atoms with Crippen molar-refractivity contribution in [2.45, 2.75) is 6.92 Å². The number of hydrogen-bond donors (Lipinski definition) is 1. The van der Waals surface area contributed by atoms with Crippen LogP contribution in [0, 0.1) is 18.3 Å². The fourth-order valence-corrected chi connectivity index (χ4v) is 1.18. The third-order valence-corrected chi connectivity index (χ3v) is 1.78. The molecule has 0 atom stereocenters. The van der Waals surface area contributed by atoms with E-state index in [4.69, 9.17) is 5.26 Å². The second-order valence-corrected chi connectivity index (χ2v) is 2.66. The molecule has 0 aromatic carbocycles. The van der Waals surface area contributed by atoms with Gasteiger partial charge in [0.1, 0.15) is 11.6 Å². The van der Waals surface area contributed by atoms with E-state index in [1.807, 2.05) is 19.1 Å². The minimum atomic E-state index is 0.605. The van der Waals surface area contributed by atoms with E-state index >= 15 is 0 Å². The molecule has 0 amide bonds. The molecule has 2 aromatic heterocycles. The number of H-pyrrole nitrogens is 1. The standard InChI is InChI=1S/C9H7N3/c1-6-2-3-8-9(12-6)7(4-10)5-11-8/h2-3,5,11H,1H3. The summed E-state index contributed by atoms with van der Waals surface area (Å²) < 4.78 is 0. The van der Waals surface area contributed by atoms with E-state index in [2.05, 4.69) is 16.0 Å². The Morgan fingerprint density at radius 1 is 1.50 bits per heavy atom. The van der Waals surface area contributed by atoms with Gasteiger partial charge in [-0.05, 0) is 19.1 Å². The molecule has 2 rings (SSSR count). The topological polar surface area (TPSA) is 52.5 Å². The molecule has 0 aliphatic rings. The molecular formula is C9H7N3. The maximum Gasteiger partial charge on any atom is 0.106 e. The average Bonchev–Trinajstić information content (AvgIpc) is 2.46. The zero-order valence-electron chi connectivity index (χ0n) is 6.63. The molecule has 0 aliphatic heterocycles. The zero-order chi connectivity index (χ0) is 8.55. The molecule has 0 saturated carbocycles. The highest BCUT2D eigenvalue weighted by Crippen LogP contribution is 2.14. The summed E-state index contributed by atoms with van der Waals surface area (Å²) in [7, 11) is 0. The largest absolute Gasteiger partial charge is 0.359 e. The van der Waals surface area contributed by atoms with Gasteiger partial charge in [-0.2, -0.15) is 5.26 Å². The minimum absolute atomic E-state index is 0.605. The van der Waals surface area contributed by atoms with Gasteiger partial charge in [0.25, 0.3) is 0 Å². The van der Waals surface area contributed by atoms with Crippen LogP contribution in [-0.2, 0) is 0 Å². The van der Waals surface area contributed by atoms with Crippen LogP contribution >= 0.6 is 0 Å². The number of nitrogens with zero attached hydrogens (tertiary/aromatic N) is 2. The lowest BCUT2D eigenvalue weighted by atomic mass is 10.2. The summed E-state index contributed by atoms with van der Waals surface area (Å²) in [4.78, 5) is 7.23. The predicted octanol–water partition coefficient (Wildman–Crippen LogP) is 1.74. The third-order valence-electron chi connectivity index (χ3n) is 1.78. The minimum Gasteiger partial charge on any atom is -0.359 e. The Morgan fingerprint density at radius 2 is 2.33 bits per heavy atom. The number of nitrogens with one attached hydrogen (secondary N) is 1. The smallest absolute Gasteiger partial charge is 0.106 e. The maximum absolute atomic E-state index is 8.71. The molecule has 1 N–H and O–H groups in total. The number of aromatic nitrogens is 2. The number of aromatic amines is 1. The highest BCUT2D eigenvalue weighted by molar-refractivity contribution is 5.81. The highest BCUT2D eigenvalue weighted by atomic mass is 14.8. The molecule has 0 unspecified atom stereocenters. The molecular weight excluding hydrogens is 150 g/mol. The third kappa shape index (κ3) is 0.857. The van der Waals surface area contributed by atoms with Crippen molar-refractivity contribution in [3.05, 3.63) is 29.6 Å². The van der Waals surface area contributed by atoms with Gasteiger partial charge in [0.05, 0.1) is 11.1 Å². The second-order valence-electron chi connectivity index (χ2n) is 2.66. The van der Waals surface area contributed by atoms with E-state index in [0.717, 1.165) is 16.7 Å². The number of fused-ring (bicyclic) bond motifs is 1. The molecule has 0 spiro atoms. The summed E-state index contributed by atoms with van der Waals surface area (Å²) in [5.41, 5.74) is 3.21. The number of hydrogen-bond acceptors (Lipinski definition) is 2. The molecule has 0 bridgehead atoms. The average molecular weight is 157 g/mol. The number of aryl methyl sites for hydroxylation is 1. The Balaban J connectivity index is 2.86. The van der Waals surface area contributed by atoms with Gasteiger partial charge in [-0.3, -0.25) is 4.98 Å². The lowest BCUT2D eigenvalue weighted by Crippen LogP contribution is -1.81. The summed E-state index contributed by atoms with van der Waals surface area (Å²) in [5.74, 6) is 0. The molecule has 2 heterocycles. The van der Waals surface area contributed by atoms with Crippen molar-refractivity contribution < 1.29 is 0 Å². The maximum atomic E-state index is 8.71. The molecule has 58 valence electrons. The van der Waals surface area contributed by atoms with Crippen LogP contribution in [0.2, 0.25) is 0 Å². The molecule has 12 heavy (non-hydrogen) atoms. The van der Waals surface area contributed by atoms with Crippen molar-refractivity contribution in [1.29, 1.82) is 5.26 Å². The summed E-state index contributed by atoms with van der Waals surface area (Å²) in [5, 5.41) is 8.71. The molecule has 0 radical (unpaired) electrons. The Labute approximate surface area is 69.7 Å². The first-order valence-electron chi connectivity index (χ1n) is 3.66. The molecule has 0 aliphatic carbocycles. The summed E-state index contributed by atoms with van der Waals surface area (Å²) in [6.07, 6.45) is 1.68. The van der Waals surface area contributed by atoms with Crippen LogP contribution < -0.4 is 0 Å². The monoisotopic (exact) mass is 157 g/mol. The van der Waals surface area contributed by atoms with Crippen molar-refractivity contribution in [1.82, 2.24) is 9.97 Å². The van der Waals surface area contributed by atoms with E-state index in [1.54, 1.807) is 6.20 Å². The van der Waals surface area contributed by atoms with Crippen molar-refractivity contribution in [3.8, 4) is 6.07 Å². The van der Waals surface area contributed by atoms with Crippen LogP contribution in [0.3, 0.4) is 0 Å². The normalized spacial score (nSPS) is 10.0. The molecule has 2 aromatic rings. The first-order valence-corrected chi connectivity index (χ1v) is 3.66. The van der Waals surface area contributed by atoms with E-state index in [-0.39, 0.29) is 0 Å². The molecule has 0 fully saturated rings. The first kappa shape index (κ1) is 6.86. The molecule has 0 saturated heterocycles. The molecule has 3 heteroatoms. The van der Waals surface area contributed by atoms with Gasteiger partial charge >= 0.3 is 0 Å². The number of rotatable bonds is 0. The quantitative estimate of drug-likeness (QED) is 0.633. The second kappa shape index (κ2) is 2.35. The highest BCUT2D eigenvalue weighted by Gasteiger charge is 2.02. The van der Waals surface area contributed by atoms with Crippen molar-refractivity contribution >= 4 is 11.0 Å². The van der Waals surface area contributed by atoms with Gasteiger partial charge < -0.3 is 4.98 Å². The van der Waals surface area contributed by atoms with Gasteiger partial charge in [0.15, 0.2) is 0 Å². The summed E-state index contributed by atoms with van der Waals surface area (Å²) in [6, 6.07) is 5.93. The van der Waals surface area contributed by atoms with E-state index in [9.17, 15) is 0 Å². The van der Waals surface area contributed by atoms with Crippen molar-refractivity contribution in [3.63, 3.8) is 0 Å². The van der Waals surface area contributed by atoms with Gasteiger partial charge in [0, 0.05) is 11.9 Å². The van der Waals surface area contributed by atoms with Gasteiger partial charge in [-0.15, -0.1) is 0 Å². The first-order chi connectivity index (χ1) is 5.81. The Hall–Kier alpha value is -1.82. The van der Waals surface area contributed by atoms with E-state index < -0.39 is 0 Å². The predicted molar refractivity (Wildman–Crippen MR) is 45.5 cm³/mol. The number of pyridine rings is 1. The van der Waals surface area contributed by atoms with Crippen LogP contribution in [0.5, 0.6) is 0 Å². The van der Waals surface area contributed by atoms with Crippen LogP contribution in [0.25, 0.3) is 11.0 Å². The number of nitriles is 1. The summed E-state index contributed by atoms with van der Waals surface area (Å²) >= 11 is 0. The van der Waals surface area contributed by atoms with Crippen LogP contribution in [0.15, 0.2) is 18.3 Å².